The molecule has 3 aliphatic rings. The van der Waals surface area contributed by atoms with Crippen LogP contribution in [0, 0.1) is 5.41 Å². The van der Waals surface area contributed by atoms with Crippen molar-refractivity contribution < 1.29 is 23.4 Å². The maximum absolute atomic E-state index is 13.5. The topological polar surface area (TPSA) is 93.5 Å². The zero-order chi connectivity index (χ0) is 22.2. The van der Waals surface area contributed by atoms with Crippen LogP contribution in [0.5, 0.6) is 5.88 Å². The Morgan fingerprint density at radius 3 is 2.61 bits per heavy atom. The third kappa shape index (κ3) is 3.63. The third-order valence-corrected chi connectivity index (χ3v) is 7.14. The number of benzene rings is 1. The molecular weight excluding hydrogens is 476 g/mol. The van der Waals surface area contributed by atoms with Gasteiger partial charge in [-0.05, 0) is 50.8 Å². The number of nitrogens with one attached hydrogen (secondary N) is 1. The largest absolute Gasteiger partial charge is 0.473 e. The maximum atomic E-state index is 13.5. The van der Waals surface area contributed by atoms with E-state index in [0.717, 1.165) is 9.15 Å². The van der Waals surface area contributed by atoms with E-state index in [1.54, 1.807) is 25.1 Å². The van der Waals surface area contributed by atoms with Gasteiger partial charge in [0, 0.05) is 22.4 Å². The number of carbonyl (C=O) groups excluding carboxylic acids is 1. The summed E-state index contributed by atoms with van der Waals surface area (Å²) in [7, 11) is 0. The van der Waals surface area contributed by atoms with E-state index in [1.165, 1.54) is 0 Å². The minimum absolute atomic E-state index is 0.104. The summed E-state index contributed by atoms with van der Waals surface area (Å²) in [4.78, 5) is 25.3. The lowest BCUT2D eigenvalue weighted by Gasteiger charge is -2.41. The highest BCUT2D eigenvalue weighted by atomic mass is 79.9. The molecule has 0 unspecified atom stereocenters. The van der Waals surface area contributed by atoms with Gasteiger partial charge in [0.15, 0.2) is 0 Å². The second kappa shape index (κ2) is 6.71. The highest BCUT2D eigenvalue weighted by Gasteiger charge is 2.76. The first-order chi connectivity index (χ1) is 14.5. The number of aliphatic hydroxyl groups is 1. The molecule has 0 aliphatic heterocycles. The molecule has 31 heavy (non-hydrogen) atoms. The van der Waals surface area contributed by atoms with E-state index in [4.69, 9.17) is 4.74 Å². The minimum Gasteiger partial charge on any atom is -0.473 e. The van der Waals surface area contributed by atoms with E-state index in [1.807, 2.05) is 0 Å². The van der Waals surface area contributed by atoms with Crippen molar-refractivity contribution in [2.45, 2.75) is 69.2 Å². The predicted octanol–water partition coefficient (Wildman–Crippen LogP) is 2.76. The van der Waals surface area contributed by atoms with Crippen molar-refractivity contribution in [3.05, 3.63) is 33.0 Å². The fourth-order valence-corrected chi connectivity index (χ4v) is 5.17. The quantitative estimate of drug-likeness (QED) is 0.662. The Morgan fingerprint density at radius 1 is 1.32 bits per heavy atom. The molecule has 1 heterocycles. The molecule has 7 nitrogen and oxygen atoms in total. The Bertz CT molecular complexity index is 1140. The van der Waals surface area contributed by atoms with Gasteiger partial charge in [0.25, 0.3) is 11.5 Å². The third-order valence-electron chi connectivity index (χ3n) is 6.65. The van der Waals surface area contributed by atoms with Gasteiger partial charge in [0.1, 0.15) is 12.6 Å². The summed E-state index contributed by atoms with van der Waals surface area (Å²) in [6, 6.07) is 4.87. The number of halogens is 3. The van der Waals surface area contributed by atoms with Gasteiger partial charge in [-0.2, -0.15) is 0 Å². The standard InChI is InChI=1S/C21H22BrF2N3O4/c1-19(30)5-12(6-19)25-16(28)9-27-18(29)14-3-2-11(22)4-15(14)17(26-27)31-13-7-20(8-13)10-21(20,23)24/h2-4,12-13,30H,5-10H2,1H3,(H,25,28)/t12?,13-,19?,20+. The number of hydrogen-bond donors (Lipinski definition) is 2. The molecule has 0 bridgehead atoms. The molecule has 2 N–H and O–H groups in total. The van der Waals surface area contributed by atoms with Gasteiger partial charge in [-0.3, -0.25) is 9.59 Å². The molecule has 10 heteroatoms. The van der Waals surface area contributed by atoms with Crippen LogP contribution < -0.4 is 15.6 Å². The van der Waals surface area contributed by atoms with Crippen molar-refractivity contribution in [2.24, 2.45) is 5.41 Å². The normalized spacial score (nSPS) is 32.9. The average molecular weight is 498 g/mol. The molecule has 3 saturated carbocycles. The Morgan fingerprint density at radius 2 is 2.00 bits per heavy atom. The van der Waals surface area contributed by atoms with Crippen molar-refractivity contribution in [1.82, 2.24) is 15.1 Å². The molecule has 0 radical (unpaired) electrons. The van der Waals surface area contributed by atoms with E-state index in [-0.39, 0.29) is 37.7 Å². The Balaban J connectivity index is 1.37. The lowest BCUT2D eigenvalue weighted by atomic mass is 9.77. The van der Waals surface area contributed by atoms with Crippen LogP contribution in [0.25, 0.3) is 10.8 Å². The highest BCUT2D eigenvalue weighted by molar-refractivity contribution is 9.10. The Labute approximate surface area is 184 Å². The van der Waals surface area contributed by atoms with E-state index in [2.05, 4.69) is 26.3 Å². The van der Waals surface area contributed by atoms with Gasteiger partial charge in [0.05, 0.1) is 16.4 Å². The minimum atomic E-state index is -2.62. The molecule has 3 aliphatic carbocycles. The first-order valence-electron chi connectivity index (χ1n) is 10.2. The molecule has 1 amide bonds. The smallest absolute Gasteiger partial charge is 0.275 e. The van der Waals surface area contributed by atoms with Crippen LogP contribution in [0.2, 0.25) is 0 Å². The van der Waals surface area contributed by atoms with Gasteiger partial charge in [0.2, 0.25) is 11.8 Å². The lowest BCUT2D eigenvalue weighted by molar-refractivity contribution is -0.125. The van der Waals surface area contributed by atoms with E-state index in [0.29, 0.717) is 23.6 Å². The molecule has 2 aromatic rings. The summed E-state index contributed by atoms with van der Waals surface area (Å²) in [5.41, 5.74) is -2.15. The molecule has 1 aromatic carbocycles. The van der Waals surface area contributed by atoms with E-state index in [9.17, 15) is 23.5 Å². The lowest BCUT2D eigenvalue weighted by Crippen LogP contribution is -2.54. The average Bonchev–Trinajstić information content (AvgIpc) is 3.19. The molecule has 1 aromatic heterocycles. The van der Waals surface area contributed by atoms with Crippen LogP contribution in [0.1, 0.15) is 39.0 Å². The molecular formula is C21H22BrF2N3O4. The van der Waals surface area contributed by atoms with Crippen molar-refractivity contribution in [3.63, 3.8) is 0 Å². The monoisotopic (exact) mass is 497 g/mol. The summed E-state index contributed by atoms with van der Waals surface area (Å²) >= 11 is 3.36. The number of fused-ring (bicyclic) bond motifs is 1. The SMILES string of the molecule is CC1(O)CC(NC(=O)Cn2nc(O[C@H]3C[C@]4(CC4(F)F)C3)c3cc(Br)ccc3c2=O)C1. The zero-order valence-corrected chi connectivity index (χ0v) is 18.4. The van der Waals surface area contributed by atoms with Crippen molar-refractivity contribution in [2.75, 3.05) is 0 Å². The summed E-state index contributed by atoms with van der Waals surface area (Å²) < 4.78 is 34.7. The first-order valence-corrected chi connectivity index (χ1v) is 11.0. The molecule has 3 fully saturated rings. The van der Waals surface area contributed by atoms with Gasteiger partial charge >= 0.3 is 0 Å². The number of ether oxygens (including phenoxy) is 1. The first kappa shape index (κ1) is 20.8. The van der Waals surface area contributed by atoms with E-state index < -0.39 is 34.5 Å². The zero-order valence-electron chi connectivity index (χ0n) is 16.8. The van der Waals surface area contributed by atoms with E-state index >= 15 is 0 Å². The Kier molecular flexibility index (Phi) is 4.51. The predicted molar refractivity (Wildman–Crippen MR) is 111 cm³/mol. The second-order valence-electron chi connectivity index (χ2n) is 9.44. The van der Waals surface area contributed by atoms with Gasteiger partial charge < -0.3 is 15.2 Å². The molecule has 0 saturated heterocycles. The molecule has 0 atom stereocenters. The van der Waals surface area contributed by atoms with Gasteiger partial charge in [-0.15, -0.1) is 5.10 Å². The van der Waals surface area contributed by atoms with Crippen molar-refractivity contribution >= 4 is 32.6 Å². The fourth-order valence-electron chi connectivity index (χ4n) is 4.81. The summed E-state index contributed by atoms with van der Waals surface area (Å²) in [6.45, 7) is 1.40. The van der Waals surface area contributed by atoms with Crippen LogP contribution >= 0.6 is 15.9 Å². The highest BCUT2D eigenvalue weighted by Crippen LogP contribution is 2.71. The number of amides is 1. The van der Waals surface area contributed by atoms with Crippen molar-refractivity contribution in [3.8, 4) is 5.88 Å². The number of hydrogen-bond acceptors (Lipinski definition) is 5. The van der Waals surface area contributed by atoms with Gasteiger partial charge in [-0.1, -0.05) is 15.9 Å². The van der Waals surface area contributed by atoms with Crippen LogP contribution in [-0.2, 0) is 11.3 Å². The maximum Gasteiger partial charge on any atom is 0.275 e. The second-order valence-corrected chi connectivity index (χ2v) is 10.4. The number of nitrogens with zero attached hydrogens (tertiary/aromatic N) is 2. The Hall–Kier alpha value is -2.07. The van der Waals surface area contributed by atoms with Crippen LogP contribution in [0.4, 0.5) is 8.78 Å². The number of alkyl halides is 2. The van der Waals surface area contributed by atoms with Crippen molar-refractivity contribution in [1.29, 1.82) is 0 Å². The van der Waals surface area contributed by atoms with Crippen LogP contribution in [0.3, 0.4) is 0 Å². The fraction of sp³-hybridized carbons (Fsp3) is 0.571. The molecule has 166 valence electrons. The summed E-state index contributed by atoms with van der Waals surface area (Å²) in [5, 5.41) is 17.6. The van der Waals surface area contributed by atoms with Gasteiger partial charge in [-0.25, -0.2) is 13.5 Å². The number of aromatic nitrogens is 2. The van der Waals surface area contributed by atoms with Crippen LogP contribution in [0.15, 0.2) is 27.5 Å². The molecule has 1 spiro atoms. The van der Waals surface area contributed by atoms with Crippen LogP contribution in [-0.4, -0.2) is 44.5 Å². The number of rotatable bonds is 5. The number of carbonyl (C=O) groups is 1. The summed E-state index contributed by atoms with van der Waals surface area (Å²) in [5.74, 6) is -2.86. The summed E-state index contributed by atoms with van der Waals surface area (Å²) in [6.07, 6.45) is 0.897. The molecule has 5 rings (SSSR count).